The number of hydrogen-bond acceptors (Lipinski definition) is 9. The second-order valence-electron chi connectivity index (χ2n) is 11.7. The smallest absolute Gasteiger partial charge is 0.261 e. The molecule has 4 aromatic rings. The van der Waals surface area contributed by atoms with Crippen molar-refractivity contribution in [2.45, 2.75) is 26.0 Å². The predicted molar refractivity (Wildman–Crippen MR) is 165 cm³/mol. The van der Waals surface area contributed by atoms with E-state index in [0.29, 0.717) is 16.8 Å². The topological polar surface area (TPSA) is 112 Å². The lowest BCUT2D eigenvalue weighted by atomic mass is 10.1. The van der Waals surface area contributed by atoms with Crippen molar-refractivity contribution in [3.05, 3.63) is 60.3 Å². The van der Waals surface area contributed by atoms with Crippen LogP contribution in [-0.4, -0.2) is 106 Å². The van der Waals surface area contributed by atoms with Gasteiger partial charge in [0.05, 0.1) is 41.4 Å². The van der Waals surface area contributed by atoms with Crippen molar-refractivity contribution in [3.63, 3.8) is 0 Å². The molecule has 5 rings (SSSR count). The molecule has 1 aliphatic rings. The fourth-order valence-electron chi connectivity index (χ4n) is 5.23. The number of piperazine rings is 1. The van der Waals surface area contributed by atoms with E-state index in [9.17, 15) is 9.90 Å². The molecule has 0 saturated carbocycles. The fourth-order valence-corrected chi connectivity index (χ4v) is 5.23. The molecule has 12 heteroatoms. The SMILES string of the molecule is COc1ccncc1-c1nccc(C(=O)Nc2nc3ccc(N4CCN(CCN(C)C)CC4)cc3n2CC(C)(C)O)c1F. The zero-order valence-electron chi connectivity index (χ0n) is 25.3. The van der Waals surface area contributed by atoms with Crippen LogP contribution in [0.15, 0.2) is 48.9 Å². The van der Waals surface area contributed by atoms with Crippen LogP contribution >= 0.6 is 0 Å². The number of halogens is 1. The van der Waals surface area contributed by atoms with E-state index in [0.717, 1.165) is 50.5 Å². The van der Waals surface area contributed by atoms with E-state index in [2.05, 4.69) is 49.1 Å². The molecule has 228 valence electrons. The average Bonchev–Trinajstić information content (AvgIpc) is 3.30. The van der Waals surface area contributed by atoms with Gasteiger partial charge in [-0.3, -0.25) is 25.0 Å². The van der Waals surface area contributed by atoms with Gasteiger partial charge in [0.2, 0.25) is 5.95 Å². The molecule has 1 aromatic carbocycles. The van der Waals surface area contributed by atoms with Crippen LogP contribution in [-0.2, 0) is 6.54 Å². The molecule has 1 fully saturated rings. The van der Waals surface area contributed by atoms with Gasteiger partial charge in [0.1, 0.15) is 11.4 Å². The van der Waals surface area contributed by atoms with E-state index in [1.54, 1.807) is 24.5 Å². The molecule has 3 aromatic heterocycles. The number of aliphatic hydroxyl groups is 1. The number of ether oxygens (including phenoxy) is 1. The van der Waals surface area contributed by atoms with Crippen LogP contribution in [0.2, 0.25) is 0 Å². The van der Waals surface area contributed by atoms with E-state index < -0.39 is 17.3 Å². The number of aromatic nitrogens is 4. The fraction of sp³-hybridized carbons (Fsp3) is 0.419. The van der Waals surface area contributed by atoms with Gasteiger partial charge < -0.3 is 24.2 Å². The summed E-state index contributed by atoms with van der Waals surface area (Å²) in [5, 5.41) is 13.5. The number of fused-ring (bicyclic) bond motifs is 1. The van der Waals surface area contributed by atoms with Gasteiger partial charge in [-0.05, 0) is 58.3 Å². The Morgan fingerprint density at radius 2 is 1.91 bits per heavy atom. The average molecular weight is 591 g/mol. The zero-order chi connectivity index (χ0) is 30.7. The van der Waals surface area contributed by atoms with Gasteiger partial charge in [0.25, 0.3) is 5.91 Å². The van der Waals surface area contributed by atoms with E-state index in [-0.39, 0.29) is 23.8 Å². The van der Waals surface area contributed by atoms with Crippen molar-refractivity contribution >= 4 is 28.6 Å². The summed E-state index contributed by atoms with van der Waals surface area (Å²) in [7, 11) is 5.64. The Bertz CT molecular complexity index is 1590. The predicted octanol–water partition coefficient (Wildman–Crippen LogP) is 3.35. The van der Waals surface area contributed by atoms with Crippen LogP contribution in [0.3, 0.4) is 0 Å². The summed E-state index contributed by atoms with van der Waals surface area (Å²) in [5.74, 6) is -0.893. The molecule has 0 bridgehead atoms. The molecule has 43 heavy (non-hydrogen) atoms. The summed E-state index contributed by atoms with van der Waals surface area (Å²) >= 11 is 0. The van der Waals surface area contributed by atoms with E-state index >= 15 is 4.39 Å². The van der Waals surface area contributed by atoms with Crippen molar-refractivity contribution in [3.8, 4) is 17.0 Å². The summed E-state index contributed by atoms with van der Waals surface area (Å²) in [4.78, 5) is 33.3. The van der Waals surface area contributed by atoms with Gasteiger partial charge in [-0.15, -0.1) is 0 Å². The Morgan fingerprint density at radius 1 is 1.14 bits per heavy atom. The Kier molecular flexibility index (Phi) is 8.90. The minimum absolute atomic E-state index is 0.0472. The van der Waals surface area contributed by atoms with E-state index in [1.807, 2.05) is 18.2 Å². The largest absolute Gasteiger partial charge is 0.496 e. The number of nitrogens with zero attached hydrogens (tertiary/aromatic N) is 7. The third-order valence-corrected chi connectivity index (χ3v) is 7.49. The number of carbonyl (C=O) groups excluding carboxylic acids is 1. The number of rotatable bonds is 10. The van der Waals surface area contributed by atoms with Crippen LogP contribution in [0.25, 0.3) is 22.3 Å². The third-order valence-electron chi connectivity index (χ3n) is 7.49. The maximum absolute atomic E-state index is 15.7. The highest BCUT2D eigenvalue weighted by Crippen LogP contribution is 2.31. The molecule has 0 atom stereocenters. The lowest BCUT2D eigenvalue weighted by Crippen LogP contribution is -2.48. The van der Waals surface area contributed by atoms with E-state index in [1.165, 1.54) is 31.8 Å². The van der Waals surface area contributed by atoms with Crippen molar-refractivity contribution < 1.29 is 19.0 Å². The number of imidazole rings is 1. The van der Waals surface area contributed by atoms with Gasteiger partial charge in [-0.25, -0.2) is 9.37 Å². The highest BCUT2D eigenvalue weighted by atomic mass is 19.1. The quantitative estimate of drug-likeness (QED) is 0.287. The van der Waals surface area contributed by atoms with Crippen molar-refractivity contribution in [1.29, 1.82) is 0 Å². The highest BCUT2D eigenvalue weighted by molar-refractivity contribution is 6.05. The first-order valence-corrected chi connectivity index (χ1v) is 14.3. The van der Waals surface area contributed by atoms with Crippen LogP contribution in [0.1, 0.15) is 24.2 Å². The molecule has 1 amide bonds. The summed E-state index contributed by atoms with van der Waals surface area (Å²) < 4.78 is 22.8. The first-order valence-electron chi connectivity index (χ1n) is 14.3. The zero-order valence-corrected chi connectivity index (χ0v) is 25.3. The number of methoxy groups -OCH3 is 1. The molecule has 1 aliphatic heterocycles. The second-order valence-corrected chi connectivity index (χ2v) is 11.7. The summed E-state index contributed by atoms with van der Waals surface area (Å²) in [6, 6.07) is 8.90. The number of pyridine rings is 2. The first kappa shape index (κ1) is 30.3. The number of anilines is 2. The summed E-state index contributed by atoms with van der Waals surface area (Å²) in [6.07, 6.45) is 4.34. The van der Waals surface area contributed by atoms with Crippen LogP contribution in [0.4, 0.5) is 16.0 Å². The molecular formula is C31H39FN8O3. The molecule has 0 aliphatic carbocycles. The second kappa shape index (κ2) is 12.6. The number of carbonyl (C=O) groups is 1. The highest BCUT2D eigenvalue weighted by Gasteiger charge is 2.25. The number of likely N-dealkylation sites (N-methyl/N-ethyl adjacent to an activating group) is 1. The first-order chi connectivity index (χ1) is 20.5. The lowest BCUT2D eigenvalue weighted by molar-refractivity contribution is 0.0630. The van der Waals surface area contributed by atoms with Gasteiger partial charge in [-0.2, -0.15) is 0 Å². The van der Waals surface area contributed by atoms with Crippen molar-refractivity contribution in [2.24, 2.45) is 0 Å². The normalized spacial score (nSPS) is 14.5. The standard InChI is InChI=1S/C31H39FN8O3/c1-31(2,42)20-40-25-18-21(39-16-14-38(15-17-39)13-12-37(3)4)6-7-24(25)35-30(40)36-29(41)22-8-11-34-28(27(22)32)23-19-33-10-9-26(23)43-5/h6-11,18-19,42H,12-17,20H2,1-5H3,(H,35,36,41). The summed E-state index contributed by atoms with van der Waals surface area (Å²) in [6.45, 7) is 9.35. The maximum Gasteiger partial charge on any atom is 0.261 e. The van der Waals surface area contributed by atoms with Gasteiger partial charge in [-0.1, -0.05) is 0 Å². The molecule has 1 saturated heterocycles. The number of amides is 1. The number of hydrogen-bond donors (Lipinski definition) is 2. The van der Waals surface area contributed by atoms with Crippen molar-refractivity contribution in [1.82, 2.24) is 29.3 Å². The van der Waals surface area contributed by atoms with Crippen molar-refractivity contribution in [2.75, 3.05) is 70.7 Å². The molecule has 0 spiro atoms. The minimum atomic E-state index is -1.10. The Balaban J connectivity index is 1.43. The number of benzene rings is 1. The summed E-state index contributed by atoms with van der Waals surface area (Å²) in [5.41, 5.74) is 1.44. The molecule has 11 nitrogen and oxygen atoms in total. The Hall–Kier alpha value is -4.13. The van der Waals surface area contributed by atoms with Crippen LogP contribution in [0.5, 0.6) is 5.75 Å². The Labute approximate surface area is 250 Å². The minimum Gasteiger partial charge on any atom is -0.496 e. The number of nitrogens with one attached hydrogen (secondary N) is 1. The molecule has 0 radical (unpaired) electrons. The van der Waals surface area contributed by atoms with E-state index in [4.69, 9.17) is 4.74 Å². The molecular weight excluding hydrogens is 551 g/mol. The monoisotopic (exact) mass is 590 g/mol. The molecule has 0 unspecified atom stereocenters. The molecule has 2 N–H and O–H groups in total. The third kappa shape index (κ3) is 6.93. The van der Waals surface area contributed by atoms with Gasteiger partial charge >= 0.3 is 0 Å². The van der Waals surface area contributed by atoms with Crippen LogP contribution in [0, 0.1) is 5.82 Å². The van der Waals surface area contributed by atoms with Gasteiger partial charge in [0.15, 0.2) is 5.82 Å². The van der Waals surface area contributed by atoms with Crippen LogP contribution < -0.4 is 15.0 Å². The lowest BCUT2D eigenvalue weighted by Gasteiger charge is -2.36. The molecule has 4 heterocycles. The maximum atomic E-state index is 15.7. The van der Waals surface area contributed by atoms with Gasteiger partial charge in [0, 0.05) is 63.5 Å². The Morgan fingerprint density at radius 3 is 2.60 bits per heavy atom.